The van der Waals surface area contributed by atoms with Gasteiger partial charge in [-0.1, -0.05) is 66.7 Å². The van der Waals surface area contributed by atoms with Crippen LogP contribution >= 0.6 is 11.8 Å². The number of rotatable bonds is 11. The van der Waals surface area contributed by atoms with Gasteiger partial charge in [-0.25, -0.2) is 17.6 Å². The molecular weight excluding hydrogens is 676 g/mol. The van der Waals surface area contributed by atoms with E-state index in [0.717, 1.165) is 17.8 Å². The maximum absolute atomic E-state index is 14.4. The van der Waals surface area contributed by atoms with Crippen LogP contribution in [-0.2, 0) is 9.59 Å². The maximum Gasteiger partial charge on any atom is 0.276 e. The predicted molar refractivity (Wildman–Crippen MR) is 180 cm³/mol. The Hall–Kier alpha value is -6.28. The highest BCUT2D eigenvalue weighted by Crippen LogP contribution is 2.38. The van der Waals surface area contributed by atoms with E-state index in [1.54, 1.807) is 54.6 Å². The molecule has 0 bridgehead atoms. The van der Waals surface area contributed by atoms with Crippen LogP contribution in [0.3, 0.4) is 0 Å². The highest BCUT2D eigenvalue weighted by molar-refractivity contribution is 8.00. The largest absolute Gasteiger partial charge is 0.321 e. The molecule has 5 aromatic rings. The number of nitro benzene ring substituents is 1. The summed E-state index contributed by atoms with van der Waals surface area (Å²) in [4.78, 5) is 51.4. The zero-order chi connectivity index (χ0) is 35.8. The minimum atomic E-state index is -1.78. The number of halogens is 4. The summed E-state index contributed by atoms with van der Waals surface area (Å²) in [5.41, 5.74) is -1.10. The smallest absolute Gasteiger partial charge is 0.276 e. The molecule has 0 aromatic heterocycles. The Morgan fingerprint density at radius 3 is 2.02 bits per heavy atom. The Balaban J connectivity index is 1.43. The van der Waals surface area contributed by atoms with Gasteiger partial charge in [0, 0.05) is 28.3 Å². The molecule has 14 heteroatoms. The SMILES string of the molecule is O=C(Nc1cccc(SC(C(=O)Nc2c(F)c(F)cc(F)c2F)c2ccccc2)c1)/C(=C\c1ccccc1[N+](=O)[O-])NC(=O)c1ccccc1. The summed E-state index contributed by atoms with van der Waals surface area (Å²) in [6, 6.07) is 27.7. The molecule has 3 N–H and O–H groups in total. The molecular formula is C36H24F4N4O5S. The average molecular weight is 701 g/mol. The zero-order valence-electron chi connectivity index (χ0n) is 25.5. The molecule has 0 aliphatic rings. The average Bonchev–Trinajstić information content (AvgIpc) is 3.12. The Kier molecular flexibility index (Phi) is 11.0. The van der Waals surface area contributed by atoms with Crippen molar-refractivity contribution in [2.75, 3.05) is 10.6 Å². The van der Waals surface area contributed by atoms with E-state index in [-0.39, 0.29) is 34.3 Å². The van der Waals surface area contributed by atoms with E-state index in [2.05, 4.69) is 10.6 Å². The predicted octanol–water partition coefficient (Wildman–Crippen LogP) is 8.03. The number of anilines is 2. The summed E-state index contributed by atoms with van der Waals surface area (Å²) in [5, 5.41) is 17.5. The summed E-state index contributed by atoms with van der Waals surface area (Å²) < 4.78 is 56.5. The first kappa shape index (κ1) is 35.0. The number of nitro groups is 1. The van der Waals surface area contributed by atoms with Crippen LogP contribution in [0.1, 0.15) is 26.7 Å². The lowest BCUT2D eigenvalue weighted by Gasteiger charge is -2.18. The van der Waals surface area contributed by atoms with E-state index in [1.807, 2.05) is 5.32 Å². The Morgan fingerprint density at radius 1 is 0.740 bits per heavy atom. The van der Waals surface area contributed by atoms with Gasteiger partial charge < -0.3 is 16.0 Å². The maximum atomic E-state index is 14.4. The fraction of sp³-hybridized carbons (Fsp3) is 0.0278. The first-order chi connectivity index (χ1) is 24.0. The van der Waals surface area contributed by atoms with Crippen molar-refractivity contribution in [2.45, 2.75) is 10.1 Å². The molecule has 0 fully saturated rings. The number of hydrogen-bond acceptors (Lipinski definition) is 6. The number of hydrogen-bond donors (Lipinski definition) is 3. The van der Waals surface area contributed by atoms with Crippen LogP contribution in [0.5, 0.6) is 0 Å². The topological polar surface area (TPSA) is 130 Å². The van der Waals surface area contributed by atoms with Crippen LogP contribution in [0.25, 0.3) is 6.08 Å². The zero-order valence-corrected chi connectivity index (χ0v) is 26.3. The lowest BCUT2D eigenvalue weighted by atomic mass is 10.1. The van der Waals surface area contributed by atoms with Crippen molar-refractivity contribution in [3.05, 3.63) is 171 Å². The summed E-state index contributed by atoms with van der Waals surface area (Å²) >= 11 is 0.900. The number of benzene rings is 5. The molecule has 0 heterocycles. The molecule has 0 spiro atoms. The van der Waals surface area contributed by atoms with Crippen molar-refractivity contribution in [1.82, 2.24) is 5.32 Å². The van der Waals surface area contributed by atoms with Crippen molar-refractivity contribution in [3.63, 3.8) is 0 Å². The van der Waals surface area contributed by atoms with Gasteiger partial charge in [-0.3, -0.25) is 24.5 Å². The van der Waals surface area contributed by atoms with Gasteiger partial charge in [-0.05, 0) is 48.0 Å². The van der Waals surface area contributed by atoms with Gasteiger partial charge in [-0.15, -0.1) is 11.8 Å². The van der Waals surface area contributed by atoms with Gasteiger partial charge in [0.15, 0.2) is 23.3 Å². The number of carbonyl (C=O) groups excluding carboxylic acids is 3. The standard InChI is InChI=1S/C36H24F4N4O5S/c37-26-20-27(38)31(40)32(30(26)39)43-36(47)33(21-10-3-1-4-11-21)50-25-16-9-15-24(19-25)41-35(46)28(42-34(45)22-12-5-2-6-13-22)18-23-14-7-8-17-29(23)44(48)49/h1-20,33H,(H,41,46)(H,42,45)(H,43,47)/b28-18+. The van der Waals surface area contributed by atoms with Gasteiger partial charge in [0.1, 0.15) is 16.6 Å². The Labute approximate surface area is 286 Å². The van der Waals surface area contributed by atoms with E-state index in [4.69, 9.17) is 0 Å². The summed E-state index contributed by atoms with van der Waals surface area (Å²) in [6.07, 6.45) is 1.16. The molecule has 0 aliphatic heterocycles. The monoisotopic (exact) mass is 700 g/mol. The van der Waals surface area contributed by atoms with Crippen molar-refractivity contribution in [1.29, 1.82) is 0 Å². The number of nitrogens with one attached hydrogen (secondary N) is 3. The van der Waals surface area contributed by atoms with Crippen LogP contribution in [0, 0.1) is 33.4 Å². The number of amides is 3. The minimum Gasteiger partial charge on any atom is -0.321 e. The third-order valence-corrected chi connectivity index (χ3v) is 8.26. The third kappa shape index (κ3) is 8.41. The Morgan fingerprint density at radius 2 is 1.36 bits per heavy atom. The van der Waals surface area contributed by atoms with Crippen molar-refractivity contribution in [3.8, 4) is 0 Å². The molecule has 252 valence electrons. The second-order valence-electron chi connectivity index (χ2n) is 10.4. The number of carbonyl (C=O) groups is 3. The van der Waals surface area contributed by atoms with Crippen LogP contribution in [-0.4, -0.2) is 22.6 Å². The second-order valence-corrected chi connectivity index (χ2v) is 11.6. The highest BCUT2D eigenvalue weighted by Gasteiger charge is 2.27. The van der Waals surface area contributed by atoms with Crippen molar-refractivity contribution < 1.29 is 36.9 Å². The molecule has 0 aliphatic carbocycles. The van der Waals surface area contributed by atoms with E-state index in [0.29, 0.717) is 10.5 Å². The number of para-hydroxylation sites is 1. The lowest BCUT2D eigenvalue weighted by Crippen LogP contribution is -2.30. The van der Waals surface area contributed by atoms with Crippen LogP contribution < -0.4 is 16.0 Å². The first-order valence-corrected chi connectivity index (χ1v) is 15.5. The fourth-order valence-electron chi connectivity index (χ4n) is 4.63. The van der Waals surface area contributed by atoms with Crippen molar-refractivity contribution >= 4 is 52.6 Å². The molecule has 5 aromatic carbocycles. The van der Waals surface area contributed by atoms with Crippen LogP contribution in [0.4, 0.5) is 34.6 Å². The van der Waals surface area contributed by atoms with Gasteiger partial charge >= 0.3 is 0 Å². The normalized spacial score (nSPS) is 11.7. The molecule has 1 unspecified atom stereocenters. The van der Waals surface area contributed by atoms with Gasteiger partial charge in [0.2, 0.25) is 5.91 Å². The quantitative estimate of drug-likeness (QED) is 0.0320. The van der Waals surface area contributed by atoms with E-state index in [1.165, 1.54) is 54.6 Å². The molecule has 0 saturated heterocycles. The van der Waals surface area contributed by atoms with Gasteiger partial charge in [0.05, 0.1) is 10.5 Å². The fourth-order valence-corrected chi connectivity index (χ4v) is 5.71. The molecule has 9 nitrogen and oxygen atoms in total. The lowest BCUT2D eigenvalue weighted by molar-refractivity contribution is -0.385. The van der Waals surface area contributed by atoms with Gasteiger partial charge in [0.25, 0.3) is 17.5 Å². The number of thioether (sulfide) groups is 1. The second kappa shape index (κ2) is 15.7. The molecule has 50 heavy (non-hydrogen) atoms. The molecule has 1 atom stereocenters. The highest BCUT2D eigenvalue weighted by atomic mass is 32.2. The first-order valence-electron chi connectivity index (χ1n) is 14.6. The van der Waals surface area contributed by atoms with E-state index in [9.17, 15) is 42.1 Å². The third-order valence-electron chi connectivity index (χ3n) is 7.01. The minimum absolute atomic E-state index is 0.0261. The van der Waals surface area contributed by atoms with Crippen LogP contribution in [0.15, 0.2) is 126 Å². The summed E-state index contributed by atoms with van der Waals surface area (Å²) in [7, 11) is 0. The van der Waals surface area contributed by atoms with E-state index < -0.39 is 56.9 Å². The molecule has 3 amide bonds. The molecule has 0 radical (unpaired) electrons. The van der Waals surface area contributed by atoms with Crippen molar-refractivity contribution in [2.24, 2.45) is 0 Å². The Bertz CT molecular complexity index is 2090. The van der Waals surface area contributed by atoms with Crippen LogP contribution in [0.2, 0.25) is 0 Å². The van der Waals surface area contributed by atoms with E-state index >= 15 is 0 Å². The summed E-state index contributed by atoms with van der Waals surface area (Å²) in [6.45, 7) is 0. The molecule has 5 rings (SSSR count). The summed E-state index contributed by atoms with van der Waals surface area (Å²) in [5.74, 6) is -9.44. The number of nitrogens with zero attached hydrogens (tertiary/aromatic N) is 1. The van der Waals surface area contributed by atoms with Gasteiger partial charge in [-0.2, -0.15) is 0 Å². The molecule has 0 saturated carbocycles.